The molecule has 24 heavy (non-hydrogen) atoms. The summed E-state index contributed by atoms with van der Waals surface area (Å²) in [4.78, 5) is 39.1. The Balaban J connectivity index is 1.51. The molecule has 2 unspecified atom stereocenters. The molecule has 3 rings (SSSR count). The van der Waals surface area contributed by atoms with E-state index < -0.39 is 23.5 Å². The Morgan fingerprint density at radius 2 is 1.92 bits per heavy atom. The van der Waals surface area contributed by atoms with Crippen molar-refractivity contribution in [3.63, 3.8) is 0 Å². The lowest BCUT2D eigenvalue weighted by Gasteiger charge is -2.32. The summed E-state index contributed by atoms with van der Waals surface area (Å²) in [6, 6.07) is -0.251. The quantitative estimate of drug-likeness (QED) is 0.674. The zero-order valence-corrected chi connectivity index (χ0v) is 14.0. The molecule has 2 atom stereocenters. The number of rotatable bonds is 2. The first-order valence-electron chi connectivity index (χ1n) is 8.58. The first kappa shape index (κ1) is 17.0. The van der Waals surface area contributed by atoms with Gasteiger partial charge in [-0.15, -0.1) is 0 Å². The molecule has 0 aromatic carbocycles. The number of hydrogen-bond donors (Lipinski definition) is 2. The maximum absolute atomic E-state index is 12.3. The van der Waals surface area contributed by atoms with Crippen LogP contribution in [-0.4, -0.2) is 77.7 Å². The molecular weight excluding hydrogens is 314 g/mol. The highest BCUT2D eigenvalue weighted by Gasteiger charge is 2.49. The summed E-state index contributed by atoms with van der Waals surface area (Å²) in [6.07, 6.45) is 3.58. The maximum Gasteiger partial charge on any atom is 0.409 e. The van der Waals surface area contributed by atoms with Gasteiger partial charge < -0.3 is 25.0 Å². The van der Waals surface area contributed by atoms with Crippen LogP contribution in [0.1, 0.15) is 32.1 Å². The van der Waals surface area contributed by atoms with E-state index in [1.807, 2.05) is 0 Å². The molecule has 0 aromatic rings. The average Bonchev–Trinajstić information content (AvgIpc) is 3.37. The van der Waals surface area contributed by atoms with Crippen molar-refractivity contribution in [3.8, 4) is 0 Å². The van der Waals surface area contributed by atoms with E-state index in [1.165, 1.54) is 16.9 Å². The van der Waals surface area contributed by atoms with Gasteiger partial charge in [-0.2, -0.15) is 0 Å². The molecule has 2 N–H and O–H groups in total. The summed E-state index contributed by atoms with van der Waals surface area (Å²) >= 11 is 0. The van der Waals surface area contributed by atoms with Crippen LogP contribution in [0.25, 0.3) is 0 Å². The minimum atomic E-state index is -0.817. The molecule has 3 fully saturated rings. The molecule has 1 saturated carbocycles. The van der Waals surface area contributed by atoms with E-state index in [-0.39, 0.29) is 18.5 Å². The molecule has 2 saturated heterocycles. The minimum Gasteiger partial charge on any atom is -0.453 e. The highest BCUT2D eigenvalue weighted by molar-refractivity contribution is 6.35. The lowest BCUT2D eigenvalue weighted by molar-refractivity contribution is -0.146. The summed E-state index contributed by atoms with van der Waals surface area (Å²) in [5.41, 5.74) is -0.817. The number of ether oxygens (including phenoxy) is 1. The zero-order chi connectivity index (χ0) is 17.3. The maximum atomic E-state index is 12.3. The second-order valence-corrected chi connectivity index (χ2v) is 7.08. The van der Waals surface area contributed by atoms with Gasteiger partial charge in [-0.05, 0) is 38.0 Å². The molecule has 3 amide bonds. The fourth-order valence-corrected chi connectivity index (χ4v) is 3.73. The first-order chi connectivity index (χ1) is 11.4. The minimum absolute atomic E-state index is 0.239. The van der Waals surface area contributed by atoms with Crippen molar-refractivity contribution in [1.82, 2.24) is 15.1 Å². The number of methoxy groups -OCH3 is 1. The smallest absolute Gasteiger partial charge is 0.409 e. The number of β-amino-alcohol motifs (C(OH)–C–C–N with tert-alkyl or cyclic N) is 1. The Bertz CT molecular complexity index is 536. The van der Waals surface area contributed by atoms with Gasteiger partial charge >= 0.3 is 17.9 Å². The third kappa shape index (κ3) is 3.48. The van der Waals surface area contributed by atoms with Crippen molar-refractivity contribution < 1.29 is 24.2 Å². The Morgan fingerprint density at radius 3 is 2.58 bits per heavy atom. The largest absolute Gasteiger partial charge is 0.453 e. The van der Waals surface area contributed by atoms with Crippen LogP contribution < -0.4 is 5.32 Å². The molecule has 0 bridgehead atoms. The molecule has 8 heteroatoms. The van der Waals surface area contributed by atoms with Crippen LogP contribution in [0.2, 0.25) is 0 Å². The summed E-state index contributed by atoms with van der Waals surface area (Å²) in [5, 5.41) is 13.2. The second kappa shape index (κ2) is 6.58. The predicted octanol–water partition coefficient (Wildman–Crippen LogP) is -0.293. The molecule has 2 aliphatic heterocycles. The number of carbonyl (C=O) groups excluding carboxylic acids is 3. The van der Waals surface area contributed by atoms with Crippen molar-refractivity contribution in [2.45, 2.75) is 43.7 Å². The molecule has 134 valence electrons. The number of nitrogens with one attached hydrogen (secondary N) is 1. The van der Waals surface area contributed by atoms with E-state index in [0.29, 0.717) is 26.1 Å². The molecule has 0 aromatic heterocycles. The Morgan fingerprint density at radius 1 is 1.17 bits per heavy atom. The van der Waals surface area contributed by atoms with E-state index in [4.69, 9.17) is 4.74 Å². The van der Waals surface area contributed by atoms with Crippen LogP contribution in [0.5, 0.6) is 0 Å². The Labute approximate surface area is 141 Å². The number of hydrogen-bond acceptors (Lipinski definition) is 5. The number of piperidine rings is 1. The Hall–Kier alpha value is -1.83. The highest BCUT2D eigenvalue weighted by Crippen LogP contribution is 2.44. The number of carbonyl (C=O) groups is 3. The van der Waals surface area contributed by atoms with Gasteiger partial charge in [0.05, 0.1) is 19.3 Å². The van der Waals surface area contributed by atoms with E-state index in [9.17, 15) is 19.5 Å². The van der Waals surface area contributed by atoms with E-state index >= 15 is 0 Å². The monoisotopic (exact) mass is 339 g/mol. The van der Waals surface area contributed by atoms with Crippen LogP contribution in [0, 0.1) is 5.92 Å². The van der Waals surface area contributed by atoms with Gasteiger partial charge in [0.15, 0.2) is 0 Å². The molecule has 1 aliphatic carbocycles. The van der Waals surface area contributed by atoms with Gasteiger partial charge in [-0.1, -0.05) is 0 Å². The average molecular weight is 339 g/mol. The van der Waals surface area contributed by atoms with Gasteiger partial charge in [0.1, 0.15) is 0 Å². The number of likely N-dealkylation sites (tertiary alicyclic amines) is 2. The highest BCUT2D eigenvalue weighted by atomic mass is 16.5. The van der Waals surface area contributed by atoms with Crippen molar-refractivity contribution in [3.05, 3.63) is 0 Å². The van der Waals surface area contributed by atoms with Crippen LogP contribution in [0.4, 0.5) is 4.79 Å². The number of amides is 3. The standard InChI is InChI=1S/C16H25N3O5/c1-24-15(22)18-7-2-3-12(9-18)17-13(20)14(21)19-8-6-16(23,10-19)11-4-5-11/h11-12,23H,2-10H2,1H3,(H,17,20). The summed E-state index contributed by atoms with van der Waals surface area (Å²) in [7, 11) is 1.32. The van der Waals surface area contributed by atoms with Crippen molar-refractivity contribution in [2.75, 3.05) is 33.3 Å². The third-order valence-electron chi connectivity index (χ3n) is 5.29. The second-order valence-electron chi connectivity index (χ2n) is 7.08. The molecule has 3 aliphatic rings. The number of nitrogens with zero attached hydrogens (tertiary/aromatic N) is 2. The topological polar surface area (TPSA) is 99.2 Å². The van der Waals surface area contributed by atoms with E-state index in [0.717, 1.165) is 25.7 Å². The van der Waals surface area contributed by atoms with Gasteiger partial charge in [0.25, 0.3) is 0 Å². The van der Waals surface area contributed by atoms with Crippen molar-refractivity contribution >= 4 is 17.9 Å². The normalized spacial score (nSPS) is 30.2. The Kier molecular flexibility index (Phi) is 4.67. The summed E-state index contributed by atoms with van der Waals surface area (Å²) in [5.74, 6) is -0.987. The van der Waals surface area contributed by atoms with Gasteiger partial charge in [-0.25, -0.2) is 4.79 Å². The molecule has 8 nitrogen and oxygen atoms in total. The van der Waals surface area contributed by atoms with E-state index in [2.05, 4.69) is 5.32 Å². The summed E-state index contributed by atoms with van der Waals surface area (Å²) < 4.78 is 4.69. The zero-order valence-electron chi connectivity index (χ0n) is 14.0. The predicted molar refractivity (Wildman–Crippen MR) is 84.0 cm³/mol. The fraction of sp³-hybridized carbons (Fsp3) is 0.812. The lowest BCUT2D eigenvalue weighted by atomic mass is 9.97. The SMILES string of the molecule is COC(=O)N1CCCC(NC(=O)C(=O)N2CCC(O)(C3CC3)C2)C1. The lowest BCUT2D eigenvalue weighted by Crippen LogP contribution is -2.53. The molecule has 0 radical (unpaired) electrons. The van der Waals surface area contributed by atoms with Crippen LogP contribution in [0.15, 0.2) is 0 Å². The van der Waals surface area contributed by atoms with E-state index in [1.54, 1.807) is 0 Å². The summed E-state index contributed by atoms with van der Waals surface area (Å²) in [6.45, 7) is 1.59. The molecule has 0 spiro atoms. The number of aliphatic hydroxyl groups is 1. The van der Waals surface area contributed by atoms with Gasteiger partial charge in [-0.3, -0.25) is 9.59 Å². The first-order valence-corrected chi connectivity index (χ1v) is 8.58. The molecule has 2 heterocycles. The third-order valence-corrected chi connectivity index (χ3v) is 5.29. The van der Waals surface area contributed by atoms with Crippen LogP contribution in [-0.2, 0) is 14.3 Å². The molecular formula is C16H25N3O5. The fourth-order valence-electron chi connectivity index (χ4n) is 3.73. The van der Waals surface area contributed by atoms with Crippen LogP contribution >= 0.6 is 0 Å². The van der Waals surface area contributed by atoms with Crippen LogP contribution in [0.3, 0.4) is 0 Å². The van der Waals surface area contributed by atoms with Crippen molar-refractivity contribution in [1.29, 1.82) is 0 Å². The van der Waals surface area contributed by atoms with Crippen molar-refractivity contribution in [2.24, 2.45) is 5.92 Å². The van der Waals surface area contributed by atoms with Gasteiger partial charge in [0.2, 0.25) is 0 Å². The van der Waals surface area contributed by atoms with Gasteiger partial charge in [0, 0.05) is 25.7 Å².